The molecule has 35 heavy (non-hydrogen) atoms. The van der Waals surface area contributed by atoms with Crippen molar-refractivity contribution in [2.75, 3.05) is 0 Å². The Morgan fingerprint density at radius 2 is 1.94 bits per heavy atom. The van der Waals surface area contributed by atoms with E-state index in [1.807, 2.05) is 0 Å². The highest BCUT2D eigenvalue weighted by atomic mass is 19.1. The molecular formula is C26H34FN5O3. The van der Waals surface area contributed by atoms with Crippen LogP contribution in [0.3, 0.4) is 0 Å². The number of amides is 2. The van der Waals surface area contributed by atoms with Crippen molar-refractivity contribution in [3.63, 3.8) is 0 Å². The van der Waals surface area contributed by atoms with E-state index in [-0.39, 0.29) is 47.7 Å². The minimum Gasteiger partial charge on any atom is -0.420 e. The van der Waals surface area contributed by atoms with Crippen molar-refractivity contribution in [3.8, 4) is 11.5 Å². The molecule has 1 aromatic heterocycles. The molecular weight excluding hydrogens is 449 g/mol. The Labute approximate surface area is 204 Å². The average molecular weight is 484 g/mol. The number of hydrogen-bond acceptors (Lipinski definition) is 6. The van der Waals surface area contributed by atoms with Crippen LogP contribution in [0.4, 0.5) is 4.39 Å². The van der Waals surface area contributed by atoms with E-state index in [0.717, 1.165) is 57.8 Å². The van der Waals surface area contributed by atoms with Gasteiger partial charge in [-0.3, -0.25) is 14.9 Å². The minimum atomic E-state index is -0.337. The second-order valence-electron chi connectivity index (χ2n) is 10.2. The summed E-state index contributed by atoms with van der Waals surface area (Å²) in [4.78, 5) is 24.8. The van der Waals surface area contributed by atoms with Gasteiger partial charge in [-0.15, -0.1) is 10.2 Å². The number of fused-ring (bicyclic) bond motifs is 1. The fraction of sp³-hybridized carbons (Fsp3) is 0.615. The molecule has 3 aliphatic rings. The van der Waals surface area contributed by atoms with Gasteiger partial charge in [-0.1, -0.05) is 18.9 Å². The number of carbonyl (C=O) groups excluding carboxylic acids is 2. The molecule has 1 saturated heterocycles. The third kappa shape index (κ3) is 5.89. The third-order valence-electron chi connectivity index (χ3n) is 7.68. The van der Waals surface area contributed by atoms with Gasteiger partial charge in [0.25, 0.3) is 0 Å². The lowest BCUT2D eigenvalue weighted by Crippen LogP contribution is -2.62. The number of aromatic nitrogens is 2. The molecule has 3 atom stereocenters. The van der Waals surface area contributed by atoms with E-state index in [2.05, 4.69) is 26.1 Å². The summed E-state index contributed by atoms with van der Waals surface area (Å²) in [5, 5.41) is 18.1. The van der Waals surface area contributed by atoms with Crippen LogP contribution in [-0.2, 0) is 9.59 Å². The number of carbonyl (C=O) groups is 2. The first-order chi connectivity index (χ1) is 17.0. The molecule has 188 valence electrons. The normalized spacial score (nSPS) is 28.7. The van der Waals surface area contributed by atoms with Crippen LogP contribution < -0.4 is 16.0 Å². The first-order valence-corrected chi connectivity index (χ1v) is 13.0. The first kappa shape index (κ1) is 23.9. The molecule has 1 aromatic carbocycles. The fourth-order valence-corrected chi connectivity index (χ4v) is 5.77. The van der Waals surface area contributed by atoms with Crippen molar-refractivity contribution in [1.82, 2.24) is 26.1 Å². The molecule has 2 heterocycles. The zero-order valence-electron chi connectivity index (χ0n) is 20.0. The van der Waals surface area contributed by atoms with E-state index in [9.17, 15) is 14.0 Å². The number of nitrogens with zero attached hydrogens (tertiary/aromatic N) is 2. The standard InChI is InChI=1S/C26H34FN5O3/c27-18-6-3-5-17(15-18)26-32-31-25(35-26)16-11-13-19(14-12-16)28-23(33)10-4-9-22-29-21-8-2-1-7-20(21)24(34)30-22/h3,5-6,15-16,19-22,29H,1-2,4,7-14H2,(H,28,33)(H,30,34). The molecule has 2 amide bonds. The number of nitrogens with one attached hydrogen (secondary N) is 3. The summed E-state index contributed by atoms with van der Waals surface area (Å²) < 4.78 is 19.3. The van der Waals surface area contributed by atoms with Crippen molar-refractivity contribution in [3.05, 3.63) is 36.0 Å². The summed E-state index contributed by atoms with van der Waals surface area (Å²) in [6.07, 6.45) is 9.71. The van der Waals surface area contributed by atoms with E-state index in [4.69, 9.17) is 4.42 Å². The van der Waals surface area contributed by atoms with Gasteiger partial charge in [0.2, 0.25) is 23.6 Å². The molecule has 3 unspecified atom stereocenters. The minimum absolute atomic E-state index is 0.0308. The highest BCUT2D eigenvalue weighted by Crippen LogP contribution is 2.33. The summed E-state index contributed by atoms with van der Waals surface area (Å²) in [7, 11) is 0. The van der Waals surface area contributed by atoms with Gasteiger partial charge in [-0.2, -0.15) is 0 Å². The maximum atomic E-state index is 13.5. The Balaban J connectivity index is 1.02. The monoisotopic (exact) mass is 483 g/mol. The quantitative estimate of drug-likeness (QED) is 0.553. The van der Waals surface area contributed by atoms with Crippen LogP contribution in [0.25, 0.3) is 11.5 Å². The van der Waals surface area contributed by atoms with Gasteiger partial charge in [0.1, 0.15) is 5.82 Å². The molecule has 2 aromatic rings. The lowest BCUT2D eigenvalue weighted by atomic mass is 9.82. The Bertz CT molecular complexity index is 1040. The zero-order chi connectivity index (χ0) is 24.2. The maximum absolute atomic E-state index is 13.5. The van der Waals surface area contributed by atoms with Gasteiger partial charge in [0.15, 0.2) is 0 Å². The van der Waals surface area contributed by atoms with Crippen molar-refractivity contribution in [2.24, 2.45) is 5.92 Å². The van der Waals surface area contributed by atoms with Crippen molar-refractivity contribution >= 4 is 11.8 Å². The van der Waals surface area contributed by atoms with Crippen LogP contribution in [0.2, 0.25) is 0 Å². The van der Waals surface area contributed by atoms with Crippen molar-refractivity contribution < 1.29 is 18.4 Å². The van der Waals surface area contributed by atoms with Crippen molar-refractivity contribution in [2.45, 2.75) is 94.8 Å². The Morgan fingerprint density at radius 3 is 2.77 bits per heavy atom. The van der Waals surface area contributed by atoms with Gasteiger partial charge in [-0.25, -0.2) is 4.39 Å². The summed E-state index contributed by atoms with van der Waals surface area (Å²) in [5.74, 6) is 1.08. The number of hydrogen-bond donors (Lipinski definition) is 3. The molecule has 8 nitrogen and oxygen atoms in total. The smallest absolute Gasteiger partial charge is 0.247 e. The topological polar surface area (TPSA) is 109 Å². The van der Waals surface area contributed by atoms with Crippen LogP contribution >= 0.6 is 0 Å². The van der Waals surface area contributed by atoms with Crippen LogP contribution in [0.5, 0.6) is 0 Å². The van der Waals surface area contributed by atoms with Gasteiger partial charge in [-0.05, 0) is 69.6 Å². The van der Waals surface area contributed by atoms with Crippen LogP contribution in [-0.4, -0.2) is 40.3 Å². The lowest BCUT2D eigenvalue weighted by molar-refractivity contribution is -0.130. The fourth-order valence-electron chi connectivity index (χ4n) is 5.77. The van der Waals surface area contributed by atoms with Crippen molar-refractivity contribution in [1.29, 1.82) is 0 Å². The predicted molar refractivity (Wildman–Crippen MR) is 127 cm³/mol. The zero-order valence-corrected chi connectivity index (χ0v) is 20.0. The molecule has 0 radical (unpaired) electrons. The van der Waals surface area contributed by atoms with Gasteiger partial charge in [0.05, 0.1) is 12.1 Å². The van der Waals surface area contributed by atoms with Gasteiger partial charge < -0.3 is 15.1 Å². The van der Waals surface area contributed by atoms with Crippen LogP contribution in [0.1, 0.15) is 82.4 Å². The van der Waals surface area contributed by atoms with E-state index in [1.54, 1.807) is 12.1 Å². The third-order valence-corrected chi connectivity index (χ3v) is 7.68. The second kappa shape index (κ2) is 10.8. The Morgan fingerprint density at radius 1 is 1.11 bits per heavy atom. The van der Waals surface area contributed by atoms with Gasteiger partial charge in [0, 0.05) is 30.0 Å². The largest absolute Gasteiger partial charge is 0.420 e. The SMILES string of the molecule is O=C(CCCC1NC(=O)C2CCCCC2N1)NC1CCC(c2nnc(-c3cccc(F)c3)o2)CC1. The maximum Gasteiger partial charge on any atom is 0.247 e. The molecule has 9 heteroatoms. The highest BCUT2D eigenvalue weighted by molar-refractivity contribution is 5.80. The molecule has 0 bridgehead atoms. The van der Waals surface area contributed by atoms with E-state index >= 15 is 0 Å². The molecule has 0 spiro atoms. The lowest BCUT2D eigenvalue weighted by Gasteiger charge is -2.40. The first-order valence-electron chi connectivity index (χ1n) is 13.0. The number of benzene rings is 1. The number of rotatable bonds is 7. The molecule has 3 N–H and O–H groups in total. The summed E-state index contributed by atoms with van der Waals surface area (Å²) in [6.45, 7) is 0. The predicted octanol–water partition coefficient (Wildman–Crippen LogP) is 3.79. The summed E-state index contributed by atoms with van der Waals surface area (Å²) >= 11 is 0. The van der Waals surface area contributed by atoms with E-state index in [0.29, 0.717) is 23.8 Å². The molecule has 1 aliphatic heterocycles. The van der Waals surface area contributed by atoms with Crippen LogP contribution in [0, 0.1) is 11.7 Å². The Kier molecular flexibility index (Phi) is 7.41. The molecule has 5 rings (SSSR count). The summed E-state index contributed by atoms with van der Waals surface area (Å²) in [5.41, 5.74) is 0.575. The summed E-state index contributed by atoms with van der Waals surface area (Å²) in [6, 6.07) is 6.57. The average Bonchev–Trinajstić information content (AvgIpc) is 3.35. The molecule has 2 aliphatic carbocycles. The van der Waals surface area contributed by atoms with E-state index < -0.39 is 0 Å². The van der Waals surface area contributed by atoms with Crippen LogP contribution in [0.15, 0.2) is 28.7 Å². The molecule has 3 fully saturated rings. The van der Waals surface area contributed by atoms with Gasteiger partial charge >= 0.3 is 0 Å². The van der Waals surface area contributed by atoms with E-state index in [1.165, 1.54) is 18.6 Å². The second-order valence-corrected chi connectivity index (χ2v) is 10.2. The Hall–Kier alpha value is -2.81. The highest BCUT2D eigenvalue weighted by Gasteiger charge is 2.37. The number of halogens is 1. The molecule has 2 saturated carbocycles.